The molecule has 1 heterocycles. The Balaban J connectivity index is 2.38. The van der Waals surface area contributed by atoms with Gasteiger partial charge in [-0.05, 0) is 31.3 Å². The first-order valence-electron chi connectivity index (χ1n) is 5.90. The van der Waals surface area contributed by atoms with Gasteiger partial charge in [-0.25, -0.2) is 18.1 Å². The predicted molar refractivity (Wildman–Crippen MR) is 74.8 cm³/mol. The second-order valence-electron chi connectivity index (χ2n) is 4.00. The second-order valence-corrected chi connectivity index (χ2v) is 5.85. The molecule has 2 rings (SSSR count). The highest BCUT2D eigenvalue weighted by Crippen LogP contribution is 2.21. The number of rotatable bonds is 4. The summed E-state index contributed by atoms with van der Waals surface area (Å²) < 4.78 is 39.3. The van der Waals surface area contributed by atoms with Crippen LogP contribution in [0.2, 0.25) is 0 Å². The van der Waals surface area contributed by atoms with E-state index in [0.717, 1.165) is 0 Å². The van der Waals surface area contributed by atoms with Crippen LogP contribution >= 0.6 is 0 Å². The molecule has 0 saturated heterocycles. The third kappa shape index (κ3) is 3.23. The van der Waals surface area contributed by atoms with Crippen molar-refractivity contribution in [3.8, 4) is 0 Å². The Morgan fingerprint density at radius 3 is 2.57 bits per heavy atom. The summed E-state index contributed by atoms with van der Waals surface area (Å²) in [6.45, 7) is 0. The molecule has 0 fully saturated rings. The lowest BCUT2D eigenvalue weighted by atomic mass is 10.2. The van der Waals surface area contributed by atoms with Crippen molar-refractivity contribution in [3.63, 3.8) is 0 Å². The first-order chi connectivity index (χ1) is 9.95. The number of amides is 1. The maximum absolute atomic E-state index is 13.4. The van der Waals surface area contributed by atoms with Gasteiger partial charge in [-0.15, -0.1) is 0 Å². The van der Waals surface area contributed by atoms with Gasteiger partial charge in [0.05, 0.1) is 11.3 Å². The summed E-state index contributed by atoms with van der Waals surface area (Å²) in [6, 6.07) is 8.49. The van der Waals surface area contributed by atoms with Crippen molar-refractivity contribution in [2.24, 2.45) is 0 Å². The summed E-state index contributed by atoms with van der Waals surface area (Å²) in [6.07, 6.45) is 1.21. The quantitative estimate of drug-likeness (QED) is 0.835. The van der Waals surface area contributed by atoms with E-state index in [-0.39, 0.29) is 16.1 Å². The van der Waals surface area contributed by atoms with Crippen LogP contribution < -0.4 is 10.0 Å². The average Bonchev–Trinajstić information content (AvgIpc) is 2.48. The number of para-hydroxylation sites is 1. The summed E-state index contributed by atoms with van der Waals surface area (Å²) >= 11 is 0. The highest BCUT2D eigenvalue weighted by Gasteiger charge is 2.19. The predicted octanol–water partition coefficient (Wildman–Crippen LogP) is 1.38. The zero-order chi connectivity index (χ0) is 15.5. The minimum atomic E-state index is -3.74. The molecule has 21 heavy (non-hydrogen) atoms. The van der Waals surface area contributed by atoms with Crippen LogP contribution in [0.5, 0.6) is 0 Å². The SMILES string of the molecule is CNS(=O)(=O)c1ccccc1NC(=O)c1cccnc1F. The van der Waals surface area contributed by atoms with Crippen LogP contribution in [0.1, 0.15) is 10.4 Å². The molecule has 1 aromatic heterocycles. The van der Waals surface area contributed by atoms with Crippen molar-refractivity contribution >= 4 is 21.6 Å². The average molecular weight is 309 g/mol. The van der Waals surface area contributed by atoms with E-state index in [1.54, 1.807) is 6.07 Å². The number of anilines is 1. The summed E-state index contributed by atoms with van der Waals surface area (Å²) in [4.78, 5) is 15.3. The minimum Gasteiger partial charge on any atom is -0.321 e. The van der Waals surface area contributed by atoms with Gasteiger partial charge < -0.3 is 5.32 Å². The normalized spacial score (nSPS) is 11.1. The van der Waals surface area contributed by atoms with Gasteiger partial charge in [0, 0.05) is 6.20 Å². The van der Waals surface area contributed by atoms with Crippen molar-refractivity contribution in [3.05, 3.63) is 54.1 Å². The van der Waals surface area contributed by atoms with E-state index in [0.29, 0.717) is 0 Å². The van der Waals surface area contributed by atoms with Crippen LogP contribution in [0.4, 0.5) is 10.1 Å². The van der Waals surface area contributed by atoms with Gasteiger partial charge in [-0.2, -0.15) is 4.39 Å². The van der Waals surface area contributed by atoms with Crippen molar-refractivity contribution in [2.75, 3.05) is 12.4 Å². The molecule has 0 aliphatic heterocycles. The van der Waals surface area contributed by atoms with Crippen LogP contribution in [0, 0.1) is 5.95 Å². The minimum absolute atomic E-state index is 0.0557. The zero-order valence-electron chi connectivity index (χ0n) is 11.0. The smallest absolute Gasteiger partial charge is 0.260 e. The number of nitrogens with zero attached hydrogens (tertiary/aromatic N) is 1. The van der Waals surface area contributed by atoms with Gasteiger partial charge in [-0.3, -0.25) is 4.79 Å². The molecule has 0 aliphatic rings. The zero-order valence-corrected chi connectivity index (χ0v) is 11.8. The molecule has 1 amide bonds. The van der Waals surface area contributed by atoms with Crippen molar-refractivity contribution in [2.45, 2.75) is 4.90 Å². The number of hydrogen-bond donors (Lipinski definition) is 2. The highest BCUT2D eigenvalue weighted by molar-refractivity contribution is 7.89. The van der Waals surface area contributed by atoms with Crippen molar-refractivity contribution in [1.82, 2.24) is 9.71 Å². The summed E-state index contributed by atoms with van der Waals surface area (Å²) in [5.74, 6) is -1.71. The van der Waals surface area contributed by atoms with E-state index in [2.05, 4.69) is 15.0 Å². The molecular weight excluding hydrogens is 297 g/mol. The number of sulfonamides is 1. The van der Waals surface area contributed by atoms with Crippen molar-refractivity contribution < 1.29 is 17.6 Å². The molecule has 0 saturated carbocycles. The fraction of sp³-hybridized carbons (Fsp3) is 0.0769. The van der Waals surface area contributed by atoms with E-state index in [9.17, 15) is 17.6 Å². The lowest BCUT2D eigenvalue weighted by Crippen LogP contribution is -2.22. The maximum Gasteiger partial charge on any atom is 0.260 e. The van der Waals surface area contributed by atoms with Gasteiger partial charge in [0.15, 0.2) is 0 Å². The van der Waals surface area contributed by atoms with Crippen LogP contribution in [-0.2, 0) is 10.0 Å². The summed E-state index contributed by atoms with van der Waals surface area (Å²) in [5, 5.41) is 2.37. The van der Waals surface area contributed by atoms with Gasteiger partial charge in [-0.1, -0.05) is 12.1 Å². The number of carbonyl (C=O) groups excluding carboxylic acids is 1. The maximum atomic E-state index is 13.4. The molecular formula is C13H12FN3O3S. The van der Waals surface area contributed by atoms with Crippen LogP contribution in [0.15, 0.2) is 47.5 Å². The topological polar surface area (TPSA) is 88.2 Å². The van der Waals surface area contributed by atoms with Gasteiger partial charge in [0.2, 0.25) is 16.0 Å². The molecule has 2 N–H and O–H groups in total. The molecule has 110 valence electrons. The largest absolute Gasteiger partial charge is 0.321 e. The first kappa shape index (κ1) is 15.1. The third-order valence-corrected chi connectivity index (χ3v) is 4.17. The Labute approximate surface area is 121 Å². The highest BCUT2D eigenvalue weighted by atomic mass is 32.2. The van der Waals surface area contributed by atoms with E-state index < -0.39 is 21.9 Å². The Hall–Kier alpha value is -2.32. The van der Waals surface area contributed by atoms with E-state index >= 15 is 0 Å². The van der Waals surface area contributed by atoms with Crippen LogP contribution in [0.25, 0.3) is 0 Å². The van der Waals surface area contributed by atoms with Crippen LogP contribution in [-0.4, -0.2) is 26.4 Å². The van der Waals surface area contributed by atoms with Gasteiger partial charge in [0.1, 0.15) is 4.90 Å². The number of benzene rings is 1. The number of halogens is 1. The molecule has 0 atom stereocenters. The number of hydrogen-bond acceptors (Lipinski definition) is 4. The lowest BCUT2D eigenvalue weighted by Gasteiger charge is -2.11. The molecule has 0 aliphatic carbocycles. The number of aromatic nitrogens is 1. The standard InChI is InChI=1S/C13H12FN3O3S/c1-15-21(19,20)11-7-3-2-6-10(11)17-13(18)9-5-4-8-16-12(9)14/h2-8,15H,1H3,(H,17,18). The van der Waals surface area contributed by atoms with Crippen molar-refractivity contribution in [1.29, 1.82) is 0 Å². The Morgan fingerprint density at radius 2 is 1.90 bits per heavy atom. The number of pyridine rings is 1. The van der Waals surface area contributed by atoms with Crippen LogP contribution in [0.3, 0.4) is 0 Å². The first-order valence-corrected chi connectivity index (χ1v) is 7.38. The molecule has 8 heteroatoms. The van der Waals surface area contributed by atoms with E-state index in [1.807, 2.05) is 0 Å². The Bertz CT molecular complexity index is 778. The number of nitrogens with one attached hydrogen (secondary N) is 2. The monoisotopic (exact) mass is 309 g/mol. The number of carbonyl (C=O) groups is 1. The molecule has 0 bridgehead atoms. The summed E-state index contributed by atoms with van der Waals surface area (Å²) in [5.41, 5.74) is -0.214. The molecule has 6 nitrogen and oxygen atoms in total. The summed E-state index contributed by atoms with van der Waals surface area (Å²) in [7, 11) is -2.48. The lowest BCUT2D eigenvalue weighted by molar-refractivity contribution is 0.102. The Morgan fingerprint density at radius 1 is 1.19 bits per heavy atom. The van der Waals surface area contributed by atoms with E-state index in [4.69, 9.17) is 0 Å². The fourth-order valence-corrected chi connectivity index (χ4v) is 2.55. The Kier molecular flexibility index (Phi) is 4.29. The molecule has 0 spiro atoms. The van der Waals surface area contributed by atoms with Gasteiger partial charge in [0.25, 0.3) is 5.91 Å². The third-order valence-electron chi connectivity index (χ3n) is 2.70. The molecule has 2 aromatic rings. The molecule has 0 radical (unpaired) electrons. The molecule has 1 aromatic carbocycles. The second kappa shape index (κ2) is 5.98. The molecule has 0 unspecified atom stereocenters. The van der Waals surface area contributed by atoms with E-state index in [1.165, 1.54) is 43.6 Å². The fourth-order valence-electron chi connectivity index (χ4n) is 1.66. The van der Waals surface area contributed by atoms with Gasteiger partial charge >= 0.3 is 0 Å².